The zero-order valence-corrected chi connectivity index (χ0v) is 13.5. The smallest absolute Gasteiger partial charge is 0.251 e. The molecule has 0 radical (unpaired) electrons. The van der Waals surface area contributed by atoms with Crippen LogP contribution in [-0.4, -0.2) is 66.8 Å². The van der Waals surface area contributed by atoms with Crippen molar-refractivity contribution < 1.29 is 9.90 Å². The number of nitrogens with zero attached hydrogens (tertiary/aromatic N) is 3. The fourth-order valence-electron chi connectivity index (χ4n) is 2.43. The maximum atomic E-state index is 12.2. The molecule has 122 valence electrons. The van der Waals surface area contributed by atoms with Crippen LogP contribution in [0.15, 0.2) is 18.3 Å². The normalized spacial score (nSPS) is 17.3. The molecule has 2 heterocycles. The summed E-state index contributed by atoms with van der Waals surface area (Å²) in [4.78, 5) is 21.0. The van der Waals surface area contributed by atoms with Crippen LogP contribution in [0.1, 0.15) is 30.1 Å². The van der Waals surface area contributed by atoms with E-state index in [0.29, 0.717) is 24.9 Å². The lowest BCUT2D eigenvalue weighted by Crippen LogP contribution is -2.44. The first kappa shape index (κ1) is 16.7. The summed E-state index contributed by atoms with van der Waals surface area (Å²) in [6, 6.07) is 3.57. The molecule has 1 saturated heterocycles. The number of pyridine rings is 1. The van der Waals surface area contributed by atoms with Crippen LogP contribution in [0.3, 0.4) is 0 Å². The highest BCUT2D eigenvalue weighted by Gasteiger charge is 2.16. The Balaban J connectivity index is 1.91. The van der Waals surface area contributed by atoms with E-state index < -0.39 is 0 Å². The first-order valence-corrected chi connectivity index (χ1v) is 7.96. The number of likely N-dealkylation sites (N-methyl/N-ethyl adjacent to an activating group) is 1. The van der Waals surface area contributed by atoms with Crippen LogP contribution >= 0.6 is 0 Å². The Morgan fingerprint density at radius 2 is 2.14 bits per heavy atom. The lowest BCUT2D eigenvalue weighted by Gasteiger charge is -2.33. The Morgan fingerprint density at radius 1 is 1.41 bits per heavy atom. The Morgan fingerprint density at radius 3 is 2.82 bits per heavy atom. The number of aromatic nitrogens is 1. The van der Waals surface area contributed by atoms with Crippen LogP contribution in [0.25, 0.3) is 0 Å². The molecule has 2 rings (SSSR count). The van der Waals surface area contributed by atoms with Crippen molar-refractivity contribution in [2.45, 2.75) is 25.9 Å². The molecule has 22 heavy (non-hydrogen) atoms. The standard InChI is InChI=1S/C16H26N4O2/c1-3-14(21)5-7-18-16(22)13-4-6-17-15(12-13)20-10-8-19(2)9-11-20/h4,6,12,14,21H,3,5,7-11H2,1-2H3,(H,18,22). The average molecular weight is 306 g/mol. The average Bonchev–Trinajstić information content (AvgIpc) is 2.55. The van der Waals surface area contributed by atoms with Crippen molar-refractivity contribution in [3.05, 3.63) is 23.9 Å². The highest BCUT2D eigenvalue weighted by atomic mass is 16.3. The molecule has 1 atom stereocenters. The van der Waals surface area contributed by atoms with Crippen molar-refractivity contribution in [2.75, 3.05) is 44.7 Å². The lowest BCUT2D eigenvalue weighted by atomic mass is 10.2. The molecule has 2 N–H and O–H groups in total. The van der Waals surface area contributed by atoms with Gasteiger partial charge in [0.25, 0.3) is 5.91 Å². The molecule has 1 aliphatic heterocycles. The van der Waals surface area contributed by atoms with Crippen LogP contribution in [0, 0.1) is 0 Å². The van der Waals surface area contributed by atoms with E-state index in [1.54, 1.807) is 12.3 Å². The topological polar surface area (TPSA) is 68.7 Å². The molecule has 1 unspecified atom stereocenters. The minimum Gasteiger partial charge on any atom is -0.393 e. The highest BCUT2D eigenvalue weighted by molar-refractivity contribution is 5.94. The van der Waals surface area contributed by atoms with Gasteiger partial charge in [0, 0.05) is 44.5 Å². The number of anilines is 1. The number of hydrogen-bond acceptors (Lipinski definition) is 5. The second-order valence-electron chi connectivity index (χ2n) is 5.80. The summed E-state index contributed by atoms with van der Waals surface area (Å²) in [7, 11) is 2.11. The Bertz CT molecular complexity index is 487. The second kappa shape index (κ2) is 8.10. The summed E-state index contributed by atoms with van der Waals surface area (Å²) in [6.07, 6.45) is 2.62. The molecule has 1 aromatic heterocycles. The highest BCUT2D eigenvalue weighted by Crippen LogP contribution is 2.14. The van der Waals surface area contributed by atoms with E-state index >= 15 is 0 Å². The molecule has 1 amide bonds. The summed E-state index contributed by atoms with van der Waals surface area (Å²) in [5.74, 6) is 0.746. The van der Waals surface area contributed by atoms with Gasteiger partial charge in [0.1, 0.15) is 5.82 Å². The minimum absolute atomic E-state index is 0.110. The van der Waals surface area contributed by atoms with E-state index in [4.69, 9.17) is 0 Å². The maximum absolute atomic E-state index is 12.2. The van der Waals surface area contributed by atoms with Crippen molar-refractivity contribution in [3.63, 3.8) is 0 Å². The number of carbonyl (C=O) groups is 1. The Labute approximate surface area is 132 Å². The summed E-state index contributed by atoms with van der Waals surface area (Å²) in [5, 5.41) is 12.4. The van der Waals surface area contributed by atoms with Gasteiger partial charge in [-0.1, -0.05) is 6.92 Å². The van der Waals surface area contributed by atoms with Crippen molar-refractivity contribution in [2.24, 2.45) is 0 Å². The van der Waals surface area contributed by atoms with Gasteiger partial charge < -0.3 is 20.2 Å². The van der Waals surface area contributed by atoms with Gasteiger partial charge in [0.05, 0.1) is 6.10 Å². The molecule has 0 saturated carbocycles. The van der Waals surface area contributed by atoms with Crippen molar-refractivity contribution in [3.8, 4) is 0 Å². The fraction of sp³-hybridized carbons (Fsp3) is 0.625. The SMILES string of the molecule is CCC(O)CCNC(=O)c1ccnc(N2CCN(C)CC2)c1. The number of hydrogen-bond donors (Lipinski definition) is 2. The van der Waals surface area contributed by atoms with E-state index in [0.717, 1.165) is 32.0 Å². The zero-order chi connectivity index (χ0) is 15.9. The predicted molar refractivity (Wildman–Crippen MR) is 87.2 cm³/mol. The van der Waals surface area contributed by atoms with Crippen LogP contribution in [0.4, 0.5) is 5.82 Å². The molecule has 0 spiro atoms. The molecule has 6 heteroatoms. The molecule has 0 aromatic carbocycles. The molecule has 0 aliphatic carbocycles. The lowest BCUT2D eigenvalue weighted by molar-refractivity contribution is 0.0942. The van der Waals surface area contributed by atoms with Gasteiger partial charge in [-0.2, -0.15) is 0 Å². The van der Waals surface area contributed by atoms with E-state index in [-0.39, 0.29) is 12.0 Å². The van der Waals surface area contributed by atoms with Crippen molar-refractivity contribution in [1.82, 2.24) is 15.2 Å². The molecule has 6 nitrogen and oxygen atoms in total. The van der Waals surface area contributed by atoms with Crippen molar-refractivity contribution in [1.29, 1.82) is 0 Å². The predicted octanol–water partition coefficient (Wildman–Crippen LogP) is 0.724. The van der Waals surface area contributed by atoms with E-state index in [2.05, 4.69) is 27.1 Å². The minimum atomic E-state index is -0.348. The van der Waals surface area contributed by atoms with Gasteiger partial charge in [-0.05, 0) is 32.0 Å². The molecule has 1 aromatic rings. The third-order valence-corrected chi connectivity index (χ3v) is 4.07. The van der Waals surface area contributed by atoms with Crippen LogP contribution in [0.5, 0.6) is 0 Å². The summed E-state index contributed by atoms with van der Waals surface area (Å²) in [6.45, 7) is 6.28. The van der Waals surface area contributed by atoms with E-state index in [9.17, 15) is 9.90 Å². The van der Waals surface area contributed by atoms with Gasteiger partial charge in [0.15, 0.2) is 0 Å². The van der Waals surface area contributed by atoms with Crippen molar-refractivity contribution >= 4 is 11.7 Å². The molecular formula is C16H26N4O2. The maximum Gasteiger partial charge on any atom is 0.251 e. The number of nitrogens with one attached hydrogen (secondary N) is 1. The summed E-state index contributed by atoms with van der Waals surface area (Å²) < 4.78 is 0. The monoisotopic (exact) mass is 306 g/mol. The second-order valence-corrected chi connectivity index (χ2v) is 5.80. The molecule has 0 bridgehead atoms. The van der Waals surface area contributed by atoms with E-state index in [1.807, 2.05) is 13.0 Å². The van der Waals surface area contributed by atoms with Gasteiger partial charge in [-0.15, -0.1) is 0 Å². The zero-order valence-electron chi connectivity index (χ0n) is 13.5. The Hall–Kier alpha value is -1.66. The Kier molecular flexibility index (Phi) is 6.15. The van der Waals surface area contributed by atoms with Crippen LogP contribution < -0.4 is 10.2 Å². The molecular weight excluding hydrogens is 280 g/mol. The number of rotatable bonds is 6. The number of piperazine rings is 1. The number of carbonyl (C=O) groups excluding carboxylic acids is 1. The first-order valence-electron chi connectivity index (χ1n) is 7.96. The summed E-state index contributed by atoms with van der Waals surface area (Å²) in [5.41, 5.74) is 0.620. The van der Waals surface area contributed by atoms with Crippen LogP contribution in [-0.2, 0) is 0 Å². The van der Waals surface area contributed by atoms with E-state index in [1.165, 1.54) is 0 Å². The quantitative estimate of drug-likeness (QED) is 0.811. The van der Waals surface area contributed by atoms with Crippen LogP contribution in [0.2, 0.25) is 0 Å². The third-order valence-electron chi connectivity index (χ3n) is 4.07. The van der Waals surface area contributed by atoms with Gasteiger partial charge in [-0.25, -0.2) is 4.98 Å². The first-order chi connectivity index (χ1) is 10.6. The molecule has 1 aliphatic rings. The third kappa shape index (κ3) is 4.68. The van der Waals surface area contributed by atoms with Gasteiger partial charge >= 0.3 is 0 Å². The fourth-order valence-corrected chi connectivity index (χ4v) is 2.43. The van der Waals surface area contributed by atoms with Gasteiger partial charge in [0.2, 0.25) is 0 Å². The molecule has 1 fully saturated rings. The van der Waals surface area contributed by atoms with Gasteiger partial charge in [-0.3, -0.25) is 4.79 Å². The number of aliphatic hydroxyl groups is 1. The largest absolute Gasteiger partial charge is 0.393 e. The summed E-state index contributed by atoms with van der Waals surface area (Å²) >= 11 is 0. The number of aliphatic hydroxyl groups excluding tert-OH is 1. The number of amides is 1.